The molecule has 0 bridgehead atoms. The Hall–Kier alpha value is -3.40. The van der Waals surface area contributed by atoms with Crippen molar-refractivity contribution in [1.29, 1.82) is 0 Å². The van der Waals surface area contributed by atoms with Crippen molar-refractivity contribution in [3.8, 4) is 11.5 Å². The molecular weight excluding hydrogens is 583 g/mol. The maximum absolute atomic E-state index is 13.2. The van der Waals surface area contributed by atoms with E-state index in [1.54, 1.807) is 13.2 Å². The van der Waals surface area contributed by atoms with Crippen molar-refractivity contribution in [1.82, 2.24) is 10.2 Å². The van der Waals surface area contributed by atoms with Crippen LogP contribution in [0.2, 0.25) is 0 Å². The monoisotopic (exact) mass is 610 g/mol. The first-order chi connectivity index (χ1) is 18.0. The minimum atomic E-state index is -0.688. The Morgan fingerprint density at radius 3 is 2.57 bits per heavy atom. The molecule has 0 spiro atoms. The zero-order valence-corrected chi connectivity index (χ0v) is 22.6. The molecule has 7 nitrogen and oxygen atoms in total. The number of carbonyl (C=O) groups is 3. The van der Waals surface area contributed by atoms with Crippen LogP contribution < -0.4 is 14.8 Å². The van der Waals surface area contributed by atoms with Gasteiger partial charge in [-0.25, -0.2) is 4.79 Å². The first kappa shape index (κ1) is 25.3. The molecular formula is C29H27IN2O5. The third kappa shape index (κ3) is 5.20. The lowest BCUT2D eigenvalue weighted by molar-refractivity contribution is -0.132. The van der Waals surface area contributed by atoms with Gasteiger partial charge in [-0.05, 0) is 75.5 Å². The highest BCUT2D eigenvalue weighted by Crippen LogP contribution is 2.36. The van der Waals surface area contributed by atoms with Crippen LogP contribution in [-0.2, 0) is 16.2 Å². The summed E-state index contributed by atoms with van der Waals surface area (Å²) in [6.07, 6.45) is 6.05. The van der Waals surface area contributed by atoms with Crippen molar-refractivity contribution in [2.45, 2.75) is 44.8 Å². The summed E-state index contributed by atoms with van der Waals surface area (Å²) in [6.45, 7) is 0.355. The second kappa shape index (κ2) is 10.9. The molecule has 3 aromatic carbocycles. The fraction of sp³-hybridized carbons (Fsp3) is 0.276. The van der Waals surface area contributed by atoms with Crippen LogP contribution in [0, 0.1) is 3.57 Å². The van der Waals surface area contributed by atoms with Gasteiger partial charge in [-0.15, -0.1) is 0 Å². The summed E-state index contributed by atoms with van der Waals surface area (Å²) >= 11 is 2.16. The zero-order chi connectivity index (χ0) is 25.9. The molecule has 0 radical (unpaired) electrons. The van der Waals surface area contributed by atoms with Crippen LogP contribution in [0.15, 0.2) is 60.2 Å². The van der Waals surface area contributed by atoms with Gasteiger partial charge >= 0.3 is 6.03 Å². The number of nitrogens with one attached hydrogen (secondary N) is 1. The smallest absolute Gasteiger partial charge is 0.331 e. The normalized spacial score (nSPS) is 17.8. The third-order valence-corrected chi connectivity index (χ3v) is 7.69. The van der Waals surface area contributed by atoms with Crippen LogP contribution in [0.1, 0.15) is 43.2 Å². The van der Waals surface area contributed by atoms with Gasteiger partial charge in [0, 0.05) is 6.04 Å². The molecule has 0 unspecified atom stereocenters. The van der Waals surface area contributed by atoms with E-state index in [1.165, 1.54) is 11.0 Å². The van der Waals surface area contributed by atoms with E-state index < -0.39 is 17.8 Å². The summed E-state index contributed by atoms with van der Waals surface area (Å²) in [5.74, 6) is -0.169. The van der Waals surface area contributed by atoms with Gasteiger partial charge in [-0.1, -0.05) is 61.7 Å². The number of nitrogens with zero attached hydrogens (tertiary/aromatic N) is 1. The first-order valence-corrected chi connectivity index (χ1v) is 13.4. The largest absolute Gasteiger partial charge is 0.493 e. The van der Waals surface area contributed by atoms with E-state index in [0.29, 0.717) is 23.7 Å². The summed E-state index contributed by atoms with van der Waals surface area (Å²) in [7, 11) is 1.55. The number of methoxy groups -OCH3 is 1. The summed E-state index contributed by atoms with van der Waals surface area (Å²) in [6, 6.07) is 17.0. The molecule has 0 aromatic heterocycles. The Balaban J connectivity index is 1.41. The van der Waals surface area contributed by atoms with E-state index >= 15 is 0 Å². The number of amides is 4. The Bertz CT molecular complexity index is 1410. The summed E-state index contributed by atoms with van der Waals surface area (Å²) in [5, 5.41) is 4.60. The second-order valence-electron chi connectivity index (χ2n) is 9.25. The first-order valence-electron chi connectivity index (χ1n) is 12.3. The van der Waals surface area contributed by atoms with Gasteiger partial charge in [-0.2, -0.15) is 0 Å². The van der Waals surface area contributed by atoms with Crippen LogP contribution in [0.3, 0.4) is 0 Å². The molecule has 37 heavy (non-hydrogen) atoms. The molecule has 3 aromatic rings. The topological polar surface area (TPSA) is 84.9 Å². The molecule has 1 aliphatic heterocycles. The SMILES string of the molecule is COc1cc(C=C2C(=O)NC(=O)N(C3CCCCC3)C2=O)cc(I)c1OCc1cccc2ccccc12. The van der Waals surface area contributed by atoms with Gasteiger partial charge in [-0.3, -0.25) is 19.8 Å². The number of urea groups is 1. The highest BCUT2D eigenvalue weighted by molar-refractivity contribution is 14.1. The van der Waals surface area contributed by atoms with Crippen molar-refractivity contribution in [2.75, 3.05) is 7.11 Å². The van der Waals surface area contributed by atoms with Crippen LogP contribution in [0.5, 0.6) is 11.5 Å². The van der Waals surface area contributed by atoms with Gasteiger partial charge in [0.05, 0.1) is 10.7 Å². The van der Waals surface area contributed by atoms with E-state index in [2.05, 4.69) is 46.1 Å². The number of fused-ring (bicyclic) bond motifs is 1. The molecule has 190 valence electrons. The fourth-order valence-electron chi connectivity index (χ4n) is 5.04. The average Bonchev–Trinajstić information content (AvgIpc) is 2.90. The highest BCUT2D eigenvalue weighted by atomic mass is 127. The molecule has 8 heteroatoms. The van der Waals surface area contributed by atoms with Gasteiger partial charge in [0.25, 0.3) is 11.8 Å². The second-order valence-corrected chi connectivity index (χ2v) is 10.4. The van der Waals surface area contributed by atoms with Crippen LogP contribution in [0.4, 0.5) is 4.79 Å². The minimum Gasteiger partial charge on any atom is -0.493 e. The maximum Gasteiger partial charge on any atom is 0.331 e. The number of hydrogen-bond donors (Lipinski definition) is 1. The Kier molecular flexibility index (Phi) is 7.45. The van der Waals surface area contributed by atoms with Crippen molar-refractivity contribution in [3.63, 3.8) is 0 Å². The average molecular weight is 610 g/mol. The van der Waals surface area contributed by atoms with Crippen molar-refractivity contribution in [3.05, 3.63) is 74.9 Å². The lowest BCUT2D eigenvalue weighted by Crippen LogP contribution is -2.58. The number of barbiturate groups is 1. The molecule has 2 fully saturated rings. The summed E-state index contributed by atoms with van der Waals surface area (Å²) < 4.78 is 12.6. The highest BCUT2D eigenvalue weighted by Gasteiger charge is 2.40. The predicted molar refractivity (Wildman–Crippen MR) is 149 cm³/mol. The van der Waals surface area contributed by atoms with Crippen LogP contribution in [0.25, 0.3) is 16.8 Å². The molecule has 1 heterocycles. The van der Waals surface area contributed by atoms with Crippen molar-refractivity contribution < 1.29 is 23.9 Å². The quantitative estimate of drug-likeness (QED) is 0.216. The Morgan fingerprint density at radius 2 is 1.78 bits per heavy atom. The number of imide groups is 2. The maximum atomic E-state index is 13.2. The van der Waals surface area contributed by atoms with Gasteiger partial charge in [0.15, 0.2) is 11.5 Å². The third-order valence-electron chi connectivity index (χ3n) is 6.89. The van der Waals surface area contributed by atoms with Gasteiger partial charge in [0.2, 0.25) is 0 Å². The Morgan fingerprint density at radius 1 is 1.03 bits per heavy atom. The number of halogens is 1. The summed E-state index contributed by atoms with van der Waals surface area (Å²) in [5.41, 5.74) is 1.60. The molecule has 2 aliphatic rings. The molecule has 4 amide bonds. The number of carbonyl (C=O) groups excluding carboxylic acids is 3. The number of hydrogen-bond acceptors (Lipinski definition) is 5. The molecule has 1 aliphatic carbocycles. The molecule has 5 rings (SSSR count). The lowest BCUT2D eigenvalue weighted by Gasteiger charge is -2.35. The van der Waals surface area contributed by atoms with E-state index in [0.717, 1.165) is 52.0 Å². The number of benzene rings is 3. The van der Waals surface area contributed by atoms with Gasteiger partial charge in [0.1, 0.15) is 12.2 Å². The summed E-state index contributed by atoms with van der Waals surface area (Å²) in [4.78, 5) is 39.6. The van der Waals surface area contributed by atoms with Crippen molar-refractivity contribution >= 4 is 57.3 Å². The van der Waals surface area contributed by atoms with E-state index in [4.69, 9.17) is 9.47 Å². The molecule has 0 atom stereocenters. The van der Waals surface area contributed by atoms with E-state index in [1.807, 2.05) is 30.3 Å². The van der Waals surface area contributed by atoms with E-state index in [-0.39, 0.29) is 11.6 Å². The Labute approximate surface area is 228 Å². The standard InChI is InChI=1S/C29H27IN2O5/c1-36-25-16-18(14-23-27(33)31-29(35)32(28(23)34)21-11-3-2-4-12-21)15-24(30)26(25)37-17-20-10-7-9-19-8-5-6-13-22(19)20/h5-10,13-16,21H,2-4,11-12,17H2,1H3,(H,31,33,35). The fourth-order valence-corrected chi connectivity index (χ4v) is 5.82. The van der Waals surface area contributed by atoms with Gasteiger partial charge < -0.3 is 9.47 Å². The number of ether oxygens (including phenoxy) is 2. The molecule has 1 saturated carbocycles. The van der Waals surface area contributed by atoms with Crippen LogP contribution in [-0.4, -0.2) is 35.9 Å². The lowest BCUT2D eigenvalue weighted by atomic mass is 9.93. The van der Waals surface area contributed by atoms with E-state index in [9.17, 15) is 14.4 Å². The van der Waals surface area contributed by atoms with Crippen LogP contribution >= 0.6 is 22.6 Å². The van der Waals surface area contributed by atoms with Crippen molar-refractivity contribution in [2.24, 2.45) is 0 Å². The molecule has 1 N–H and O–H groups in total. The predicted octanol–water partition coefficient (Wildman–Crippen LogP) is 5.83. The zero-order valence-electron chi connectivity index (χ0n) is 20.5. The number of rotatable bonds is 6. The molecule has 1 saturated heterocycles. The minimum absolute atomic E-state index is 0.0625.